The van der Waals surface area contributed by atoms with E-state index in [1.54, 1.807) is 4.90 Å². The molecule has 0 spiro atoms. The van der Waals surface area contributed by atoms with Crippen LogP contribution in [0.3, 0.4) is 0 Å². The van der Waals surface area contributed by atoms with E-state index in [9.17, 15) is 4.79 Å². The summed E-state index contributed by atoms with van der Waals surface area (Å²) >= 11 is 0. The fourth-order valence-corrected chi connectivity index (χ4v) is 1.54. The molecular formula is C11H21NO4. The highest BCUT2D eigenvalue weighted by Gasteiger charge is 2.32. The van der Waals surface area contributed by atoms with Gasteiger partial charge in [-0.25, -0.2) is 4.79 Å². The van der Waals surface area contributed by atoms with E-state index in [4.69, 9.17) is 14.6 Å². The lowest BCUT2D eigenvalue weighted by Crippen LogP contribution is -2.54. The first-order valence-electron chi connectivity index (χ1n) is 5.55. The Hall–Kier alpha value is -0.810. The number of nitrogens with zero attached hydrogens (tertiary/aromatic N) is 1. The van der Waals surface area contributed by atoms with Crippen molar-refractivity contribution in [3.8, 4) is 0 Å². The maximum atomic E-state index is 11.9. The van der Waals surface area contributed by atoms with Gasteiger partial charge in [0.15, 0.2) is 0 Å². The first-order valence-corrected chi connectivity index (χ1v) is 5.55. The van der Waals surface area contributed by atoms with Crippen LogP contribution in [0.15, 0.2) is 0 Å². The van der Waals surface area contributed by atoms with Crippen molar-refractivity contribution in [3.05, 3.63) is 0 Å². The minimum absolute atomic E-state index is 0.0182. The monoisotopic (exact) mass is 231 g/mol. The molecule has 0 unspecified atom stereocenters. The maximum Gasteiger partial charge on any atom is 0.410 e. The first kappa shape index (κ1) is 13.3. The number of morpholine rings is 1. The third-order valence-corrected chi connectivity index (χ3v) is 2.31. The molecule has 1 amide bonds. The molecule has 16 heavy (non-hydrogen) atoms. The number of hydrogen-bond donors (Lipinski definition) is 1. The Morgan fingerprint density at radius 3 is 2.69 bits per heavy atom. The van der Waals surface area contributed by atoms with Gasteiger partial charge >= 0.3 is 6.09 Å². The third-order valence-electron chi connectivity index (χ3n) is 2.31. The molecule has 1 aliphatic heterocycles. The normalized spacial score (nSPS) is 26.7. The number of aliphatic hydroxyl groups excluding tert-OH is 1. The standard InChI is InChI=1S/C11H21NO4/c1-8-5-12(9(6-13)7-15-8)10(14)16-11(2,3)4/h8-9,13H,5-7H2,1-4H3/t8-,9+/m0/s1. The molecule has 0 aromatic rings. The fraction of sp³-hybridized carbons (Fsp3) is 0.909. The summed E-state index contributed by atoms with van der Waals surface area (Å²) in [4.78, 5) is 13.4. The summed E-state index contributed by atoms with van der Waals surface area (Å²) in [5.41, 5.74) is -0.515. The minimum atomic E-state index is -0.515. The molecular weight excluding hydrogens is 210 g/mol. The predicted octanol–water partition coefficient (Wildman–Crippen LogP) is 1.00. The number of amides is 1. The highest BCUT2D eigenvalue weighted by atomic mass is 16.6. The van der Waals surface area contributed by atoms with Crippen LogP contribution in [-0.2, 0) is 9.47 Å². The molecule has 1 aliphatic rings. The van der Waals surface area contributed by atoms with Crippen molar-refractivity contribution in [2.45, 2.75) is 45.4 Å². The zero-order chi connectivity index (χ0) is 12.3. The van der Waals surface area contributed by atoms with Crippen LogP contribution in [0.5, 0.6) is 0 Å². The van der Waals surface area contributed by atoms with E-state index in [0.29, 0.717) is 13.2 Å². The third kappa shape index (κ3) is 3.64. The Labute approximate surface area is 96.3 Å². The van der Waals surface area contributed by atoms with Gasteiger partial charge in [0, 0.05) is 0 Å². The Balaban J connectivity index is 2.63. The summed E-state index contributed by atoms with van der Waals surface area (Å²) in [6.45, 7) is 8.07. The van der Waals surface area contributed by atoms with Crippen LogP contribution in [0.1, 0.15) is 27.7 Å². The van der Waals surface area contributed by atoms with Crippen molar-refractivity contribution in [2.75, 3.05) is 19.8 Å². The molecule has 1 N–H and O–H groups in total. The summed E-state index contributed by atoms with van der Waals surface area (Å²) in [5, 5.41) is 9.17. The van der Waals surface area contributed by atoms with Gasteiger partial charge in [-0.15, -0.1) is 0 Å². The lowest BCUT2D eigenvalue weighted by Gasteiger charge is -2.38. The summed E-state index contributed by atoms with van der Waals surface area (Å²) in [5.74, 6) is 0. The number of aliphatic hydroxyl groups is 1. The molecule has 1 heterocycles. The molecule has 0 saturated carbocycles. The van der Waals surface area contributed by atoms with Crippen LogP contribution < -0.4 is 0 Å². The molecule has 1 rings (SSSR count). The van der Waals surface area contributed by atoms with Crippen LogP contribution in [-0.4, -0.2) is 53.6 Å². The van der Waals surface area contributed by atoms with Gasteiger partial charge in [0.2, 0.25) is 0 Å². The molecule has 1 saturated heterocycles. The van der Waals surface area contributed by atoms with E-state index >= 15 is 0 Å². The molecule has 0 aliphatic carbocycles. The Bertz CT molecular complexity index is 249. The molecule has 1 fully saturated rings. The summed E-state index contributed by atoms with van der Waals surface area (Å²) in [6, 6.07) is -0.300. The van der Waals surface area contributed by atoms with Crippen LogP contribution in [0.25, 0.3) is 0 Å². The average Bonchev–Trinajstić information content (AvgIpc) is 2.15. The van der Waals surface area contributed by atoms with Crippen molar-refractivity contribution in [1.29, 1.82) is 0 Å². The van der Waals surface area contributed by atoms with Crippen LogP contribution in [0, 0.1) is 0 Å². The average molecular weight is 231 g/mol. The summed E-state index contributed by atoms with van der Waals surface area (Å²) in [6.07, 6.45) is -0.406. The predicted molar refractivity (Wildman–Crippen MR) is 59.2 cm³/mol. The first-order chi connectivity index (χ1) is 7.33. The van der Waals surface area contributed by atoms with Gasteiger partial charge in [-0.3, -0.25) is 4.90 Å². The molecule has 0 bridgehead atoms. The van der Waals surface area contributed by atoms with Crippen molar-refractivity contribution >= 4 is 6.09 Å². The number of rotatable bonds is 1. The van der Waals surface area contributed by atoms with E-state index < -0.39 is 5.60 Å². The second kappa shape index (κ2) is 5.01. The lowest BCUT2D eigenvalue weighted by atomic mass is 10.2. The van der Waals surface area contributed by atoms with Crippen molar-refractivity contribution in [1.82, 2.24) is 4.90 Å². The Morgan fingerprint density at radius 1 is 1.56 bits per heavy atom. The van der Waals surface area contributed by atoms with Gasteiger partial charge in [0.1, 0.15) is 5.60 Å². The van der Waals surface area contributed by atoms with Gasteiger partial charge in [-0.1, -0.05) is 0 Å². The number of carbonyl (C=O) groups excluding carboxylic acids is 1. The second-order valence-corrected chi connectivity index (χ2v) is 5.11. The van der Waals surface area contributed by atoms with Crippen molar-refractivity contribution in [3.63, 3.8) is 0 Å². The van der Waals surface area contributed by atoms with Crippen LogP contribution >= 0.6 is 0 Å². The topological polar surface area (TPSA) is 59.0 Å². The zero-order valence-corrected chi connectivity index (χ0v) is 10.4. The molecule has 5 nitrogen and oxygen atoms in total. The molecule has 2 atom stereocenters. The minimum Gasteiger partial charge on any atom is -0.444 e. The highest BCUT2D eigenvalue weighted by Crippen LogP contribution is 2.16. The SMILES string of the molecule is C[C@H]1CN(C(=O)OC(C)(C)C)[C@H](CO)CO1. The number of carbonyl (C=O) groups is 1. The summed E-state index contributed by atoms with van der Waals surface area (Å²) in [7, 11) is 0. The smallest absolute Gasteiger partial charge is 0.410 e. The maximum absolute atomic E-state index is 11.9. The van der Waals surface area contributed by atoms with Crippen molar-refractivity contribution in [2.24, 2.45) is 0 Å². The molecule has 0 radical (unpaired) electrons. The summed E-state index contributed by atoms with van der Waals surface area (Å²) < 4.78 is 10.7. The van der Waals surface area contributed by atoms with Gasteiger partial charge in [-0.2, -0.15) is 0 Å². The fourth-order valence-electron chi connectivity index (χ4n) is 1.54. The van der Waals surface area contributed by atoms with E-state index in [-0.39, 0.29) is 24.8 Å². The zero-order valence-electron chi connectivity index (χ0n) is 10.4. The Kier molecular flexibility index (Phi) is 4.15. The van der Waals surface area contributed by atoms with Crippen LogP contribution in [0.2, 0.25) is 0 Å². The largest absolute Gasteiger partial charge is 0.444 e. The van der Waals surface area contributed by atoms with Gasteiger partial charge in [0.05, 0.1) is 31.9 Å². The van der Waals surface area contributed by atoms with Gasteiger partial charge in [0.25, 0.3) is 0 Å². The quantitative estimate of drug-likeness (QED) is 0.731. The van der Waals surface area contributed by atoms with E-state index in [0.717, 1.165) is 0 Å². The molecule has 5 heteroatoms. The molecule has 0 aromatic carbocycles. The van der Waals surface area contributed by atoms with E-state index in [2.05, 4.69) is 0 Å². The number of hydrogen-bond acceptors (Lipinski definition) is 4. The van der Waals surface area contributed by atoms with E-state index in [1.807, 2.05) is 27.7 Å². The molecule has 94 valence electrons. The van der Waals surface area contributed by atoms with Gasteiger partial charge < -0.3 is 14.6 Å². The molecule has 0 aromatic heterocycles. The number of ether oxygens (including phenoxy) is 2. The van der Waals surface area contributed by atoms with Gasteiger partial charge in [-0.05, 0) is 27.7 Å². The second-order valence-electron chi connectivity index (χ2n) is 5.11. The lowest BCUT2D eigenvalue weighted by molar-refractivity contribution is -0.0741. The Morgan fingerprint density at radius 2 is 2.19 bits per heavy atom. The van der Waals surface area contributed by atoms with E-state index in [1.165, 1.54) is 0 Å². The van der Waals surface area contributed by atoms with Crippen molar-refractivity contribution < 1.29 is 19.4 Å². The van der Waals surface area contributed by atoms with Crippen LogP contribution in [0.4, 0.5) is 4.79 Å². The highest BCUT2D eigenvalue weighted by molar-refractivity contribution is 5.68.